The first kappa shape index (κ1) is 15.5. The molecule has 0 saturated carbocycles. The molecule has 0 saturated heterocycles. The highest BCUT2D eigenvalue weighted by molar-refractivity contribution is 5.95. The number of amides is 1. The number of hydrazone groups is 1. The van der Waals surface area contributed by atoms with Crippen molar-refractivity contribution in [3.05, 3.63) is 59.4 Å². The van der Waals surface area contributed by atoms with Gasteiger partial charge in [-0.15, -0.1) is 0 Å². The Kier molecular flexibility index (Phi) is 5.08. The topological polar surface area (TPSA) is 59.9 Å². The van der Waals surface area contributed by atoms with E-state index < -0.39 is 11.7 Å². The molecule has 5 nitrogen and oxygen atoms in total. The molecule has 2 aromatic carbocycles. The average molecular weight is 302 g/mol. The van der Waals surface area contributed by atoms with Crippen LogP contribution < -0.4 is 14.9 Å². The highest BCUT2D eigenvalue weighted by Crippen LogP contribution is 2.22. The molecule has 0 aliphatic carbocycles. The summed E-state index contributed by atoms with van der Waals surface area (Å²) in [4.78, 5) is 11.8. The van der Waals surface area contributed by atoms with Gasteiger partial charge >= 0.3 is 0 Å². The number of nitrogens with one attached hydrogen (secondary N) is 1. The fraction of sp³-hybridized carbons (Fsp3) is 0.125. The number of nitrogens with zero attached hydrogens (tertiary/aromatic N) is 1. The summed E-state index contributed by atoms with van der Waals surface area (Å²) in [5.74, 6) is 0.243. The normalized spacial score (nSPS) is 10.5. The van der Waals surface area contributed by atoms with Crippen molar-refractivity contribution in [2.75, 3.05) is 14.2 Å². The molecule has 22 heavy (non-hydrogen) atoms. The molecule has 0 fully saturated rings. The SMILES string of the molecule is COc1ccc(OC)c(/C=N\NC(=O)c2cccc(F)c2)c1. The Hall–Kier alpha value is -2.89. The molecule has 2 aromatic rings. The number of carbonyl (C=O) groups excluding carboxylic acids is 1. The number of ether oxygens (including phenoxy) is 2. The van der Waals surface area contributed by atoms with Gasteiger partial charge in [-0.2, -0.15) is 5.10 Å². The monoisotopic (exact) mass is 302 g/mol. The van der Waals surface area contributed by atoms with Crippen molar-refractivity contribution in [1.82, 2.24) is 5.43 Å². The third-order valence-electron chi connectivity index (χ3n) is 2.89. The van der Waals surface area contributed by atoms with Gasteiger partial charge in [0.25, 0.3) is 5.91 Å². The van der Waals surface area contributed by atoms with Crippen LogP contribution in [-0.2, 0) is 0 Å². The maximum atomic E-state index is 13.0. The second kappa shape index (κ2) is 7.21. The Morgan fingerprint density at radius 1 is 1.18 bits per heavy atom. The Morgan fingerprint density at radius 3 is 2.68 bits per heavy atom. The van der Waals surface area contributed by atoms with Gasteiger partial charge in [0.2, 0.25) is 0 Å². The molecule has 1 amide bonds. The molecule has 0 atom stereocenters. The van der Waals surface area contributed by atoms with Crippen LogP contribution in [0.5, 0.6) is 11.5 Å². The third-order valence-corrected chi connectivity index (χ3v) is 2.89. The maximum absolute atomic E-state index is 13.0. The quantitative estimate of drug-likeness (QED) is 0.682. The van der Waals surface area contributed by atoms with Crippen LogP contribution in [0.3, 0.4) is 0 Å². The van der Waals surface area contributed by atoms with E-state index >= 15 is 0 Å². The van der Waals surface area contributed by atoms with E-state index in [-0.39, 0.29) is 5.56 Å². The molecule has 0 aliphatic rings. The van der Waals surface area contributed by atoms with Crippen molar-refractivity contribution in [2.45, 2.75) is 0 Å². The Bertz CT molecular complexity index is 702. The van der Waals surface area contributed by atoms with Crippen LogP contribution in [0.1, 0.15) is 15.9 Å². The molecule has 6 heteroatoms. The zero-order chi connectivity index (χ0) is 15.9. The van der Waals surface area contributed by atoms with Crippen LogP contribution >= 0.6 is 0 Å². The highest BCUT2D eigenvalue weighted by atomic mass is 19.1. The third kappa shape index (κ3) is 3.82. The van der Waals surface area contributed by atoms with Crippen LogP contribution in [0.15, 0.2) is 47.6 Å². The summed E-state index contributed by atoms with van der Waals surface area (Å²) >= 11 is 0. The van der Waals surface area contributed by atoms with E-state index in [1.54, 1.807) is 25.3 Å². The summed E-state index contributed by atoms with van der Waals surface area (Å²) in [6.45, 7) is 0. The number of benzene rings is 2. The molecule has 2 rings (SSSR count). The summed E-state index contributed by atoms with van der Waals surface area (Å²) in [6.07, 6.45) is 1.43. The fourth-order valence-corrected chi connectivity index (χ4v) is 1.80. The Morgan fingerprint density at radius 2 is 2.00 bits per heavy atom. The molecular weight excluding hydrogens is 287 g/mol. The van der Waals surface area contributed by atoms with Gasteiger partial charge in [0.15, 0.2) is 0 Å². The molecule has 0 aromatic heterocycles. The summed E-state index contributed by atoms with van der Waals surface area (Å²) in [6, 6.07) is 10.6. The molecule has 0 heterocycles. The minimum absolute atomic E-state index is 0.190. The zero-order valence-electron chi connectivity index (χ0n) is 12.2. The summed E-state index contributed by atoms with van der Waals surface area (Å²) in [5.41, 5.74) is 3.16. The van der Waals surface area contributed by atoms with E-state index in [2.05, 4.69) is 10.5 Å². The lowest BCUT2D eigenvalue weighted by Gasteiger charge is -2.06. The second-order valence-corrected chi connectivity index (χ2v) is 4.32. The first-order chi connectivity index (χ1) is 10.6. The van der Waals surface area contributed by atoms with E-state index in [1.165, 1.54) is 31.5 Å². The fourth-order valence-electron chi connectivity index (χ4n) is 1.80. The first-order valence-electron chi connectivity index (χ1n) is 6.45. The van der Waals surface area contributed by atoms with Crippen LogP contribution in [0.2, 0.25) is 0 Å². The van der Waals surface area contributed by atoms with E-state index in [9.17, 15) is 9.18 Å². The first-order valence-corrected chi connectivity index (χ1v) is 6.45. The van der Waals surface area contributed by atoms with Gasteiger partial charge in [0, 0.05) is 11.1 Å². The minimum atomic E-state index is -0.502. The van der Waals surface area contributed by atoms with Gasteiger partial charge in [-0.25, -0.2) is 9.82 Å². The lowest BCUT2D eigenvalue weighted by Crippen LogP contribution is -2.17. The molecule has 0 aliphatic heterocycles. The minimum Gasteiger partial charge on any atom is -0.497 e. The lowest BCUT2D eigenvalue weighted by atomic mass is 10.2. The largest absolute Gasteiger partial charge is 0.497 e. The van der Waals surface area contributed by atoms with Crippen molar-refractivity contribution in [1.29, 1.82) is 0 Å². The summed E-state index contributed by atoms with van der Waals surface area (Å²) in [5, 5.41) is 3.85. The number of carbonyl (C=O) groups is 1. The van der Waals surface area contributed by atoms with Crippen LogP contribution in [-0.4, -0.2) is 26.3 Å². The smallest absolute Gasteiger partial charge is 0.271 e. The van der Waals surface area contributed by atoms with Crippen molar-refractivity contribution >= 4 is 12.1 Å². The number of rotatable bonds is 5. The van der Waals surface area contributed by atoms with Gasteiger partial charge in [0.1, 0.15) is 17.3 Å². The molecule has 0 radical (unpaired) electrons. The molecule has 0 bridgehead atoms. The summed E-state index contributed by atoms with van der Waals surface area (Å²) in [7, 11) is 3.08. The average Bonchev–Trinajstić information content (AvgIpc) is 2.54. The second-order valence-electron chi connectivity index (χ2n) is 4.32. The number of hydrogen-bond donors (Lipinski definition) is 1. The van der Waals surface area contributed by atoms with Gasteiger partial charge < -0.3 is 9.47 Å². The van der Waals surface area contributed by atoms with Gasteiger partial charge in [-0.1, -0.05) is 6.07 Å². The van der Waals surface area contributed by atoms with E-state index in [4.69, 9.17) is 9.47 Å². The van der Waals surface area contributed by atoms with E-state index in [0.29, 0.717) is 17.1 Å². The van der Waals surface area contributed by atoms with Gasteiger partial charge in [0.05, 0.1) is 20.4 Å². The van der Waals surface area contributed by atoms with Crippen molar-refractivity contribution in [2.24, 2.45) is 5.10 Å². The highest BCUT2D eigenvalue weighted by Gasteiger charge is 2.06. The van der Waals surface area contributed by atoms with Crippen molar-refractivity contribution in [3.8, 4) is 11.5 Å². The maximum Gasteiger partial charge on any atom is 0.271 e. The van der Waals surface area contributed by atoms with E-state index in [0.717, 1.165) is 6.07 Å². The number of halogens is 1. The molecule has 114 valence electrons. The Balaban J connectivity index is 2.10. The molecular formula is C16H15FN2O3. The van der Waals surface area contributed by atoms with Crippen molar-refractivity contribution < 1.29 is 18.7 Å². The predicted molar refractivity (Wildman–Crippen MR) is 81.0 cm³/mol. The number of methoxy groups -OCH3 is 2. The molecule has 0 spiro atoms. The van der Waals surface area contributed by atoms with Crippen molar-refractivity contribution in [3.63, 3.8) is 0 Å². The zero-order valence-corrected chi connectivity index (χ0v) is 12.2. The van der Waals surface area contributed by atoms with Crippen LogP contribution in [0.4, 0.5) is 4.39 Å². The number of hydrogen-bond acceptors (Lipinski definition) is 4. The standard InChI is InChI=1S/C16H15FN2O3/c1-21-14-6-7-15(22-2)12(9-14)10-18-19-16(20)11-4-3-5-13(17)8-11/h3-10H,1-2H3,(H,19,20)/b18-10-. The predicted octanol–water partition coefficient (Wildman–Crippen LogP) is 2.61. The van der Waals surface area contributed by atoms with Gasteiger partial charge in [-0.05, 0) is 36.4 Å². The van der Waals surface area contributed by atoms with Crippen LogP contribution in [0, 0.1) is 5.82 Å². The summed E-state index contributed by atoms with van der Waals surface area (Å²) < 4.78 is 23.4. The molecule has 0 unspecified atom stereocenters. The molecule has 1 N–H and O–H groups in total. The lowest BCUT2D eigenvalue weighted by molar-refractivity contribution is 0.0954. The van der Waals surface area contributed by atoms with E-state index in [1.807, 2.05) is 0 Å². The van der Waals surface area contributed by atoms with Gasteiger partial charge in [-0.3, -0.25) is 4.79 Å². The Labute approximate surface area is 127 Å². The van der Waals surface area contributed by atoms with Crippen LogP contribution in [0.25, 0.3) is 0 Å².